The lowest BCUT2D eigenvalue weighted by Crippen LogP contribution is -2.34. The van der Waals surface area contributed by atoms with Gasteiger partial charge in [0.15, 0.2) is 16.7 Å². The first kappa shape index (κ1) is 19.7. The minimum Gasteiger partial charge on any atom is -0.332 e. The summed E-state index contributed by atoms with van der Waals surface area (Å²) in [5.41, 5.74) is 4.44. The summed E-state index contributed by atoms with van der Waals surface area (Å²) in [6, 6.07) is 17.2. The van der Waals surface area contributed by atoms with Crippen molar-refractivity contribution in [1.82, 2.24) is 5.32 Å². The van der Waals surface area contributed by atoms with Gasteiger partial charge in [0, 0.05) is 33.5 Å². The highest BCUT2D eigenvalue weighted by molar-refractivity contribution is 7.80. The Balaban J connectivity index is 1.53. The topological polar surface area (TPSA) is 75.3 Å². The maximum atomic E-state index is 12.8. The Hall–Kier alpha value is -3.64. The van der Waals surface area contributed by atoms with Crippen molar-refractivity contribution >= 4 is 40.5 Å². The van der Waals surface area contributed by atoms with Crippen LogP contribution in [0.2, 0.25) is 0 Å². The summed E-state index contributed by atoms with van der Waals surface area (Å²) in [7, 11) is 0. The number of rotatable bonds is 2. The number of thiocarbonyl (C=S) groups is 1. The number of amides is 1. The predicted octanol–water partition coefficient (Wildman–Crippen LogP) is 4.21. The number of nitrogens with one attached hydrogen (secondary N) is 2. The first-order valence-corrected chi connectivity index (χ1v) is 9.78. The molecular formula is C24H18N2O3S. The molecule has 1 aliphatic rings. The number of aryl methyl sites for hydroxylation is 2. The lowest BCUT2D eigenvalue weighted by Gasteiger charge is -2.18. The average molecular weight is 414 g/mol. The molecule has 30 heavy (non-hydrogen) atoms. The van der Waals surface area contributed by atoms with E-state index in [1.807, 2.05) is 26.0 Å². The predicted molar refractivity (Wildman–Crippen MR) is 119 cm³/mol. The maximum Gasteiger partial charge on any atom is 0.257 e. The molecule has 0 aromatic heterocycles. The smallest absolute Gasteiger partial charge is 0.257 e. The first-order valence-electron chi connectivity index (χ1n) is 9.37. The van der Waals surface area contributed by atoms with Gasteiger partial charge in [-0.3, -0.25) is 19.7 Å². The summed E-state index contributed by atoms with van der Waals surface area (Å²) < 4.78 is 0. The van der Waals surface area contributed by atoms with E-state index >= 15 is 0 Å². The molecule has 3 aromatic rings. The molecule has 0 saturated carbocycles. The molecule has 1 aliphatic carbocycles. The molecule has 0 spiro atoms. The Bertz CT molecular complexity index is 1250. The molecule has 0 aliphatic heterocycles. The number of carbonyl (C=O) groups is 3. The van der Waals surface area contributed by atoms with Crippen molar-refractivity contribution < 1.29 is 14.4 Å². The molecule has 6 heteroatoms. The molecule has 0 unspecified atom stereocenters. The van der Waals surface area contributed by atoms with Gasteiger partial charge in [-0.1, -0.05) is 42.0 Å². The Morgan fingerprint density at radius 3 is 2.10 bits per heavy atom. The number of benzene rings is 3. The molecule has 0 bridgehead atoms. The van der Waals surface area contributed by atoms with Crippen LogP contribution in [0.25, 0.3) is 0 Å². The Labute approximate surface area is 179 Å². The highest BCUT2D eigenvalue weighted by Crippen LogP contribution is 2.29. The van der Waals surface area contributed by atoms with Crippen molar-refractivity contribution in [3.63, 3.8) is 0 Å². The van der Waals surface area contributed by atoms with Gasteiger partial charge in [-0.2, -0.15) is 0 Å². The summed E-state index contributed by atoms with van der Waals surface area (Å²) in [6.45, 7) is 3.82. The molecule has 0 saturated heterocycles. The monoisotopic (exact) mass is 414 g/mol. The van der Waals surface area contributed by atoms with Crippen LogP contribution in [0.3, 0.4) is 0 Å². The normalized spacial score (nSPS) is 12.1. The molecule has 1 amide bonds. The van der Waals surface area contributed by atoms with Crippen LogP contribution in [0, 0.1) is 13.8 Å². The van der Waals surface area contributed by atoms with Crippen molar-refractivity contribution in [1.29, 1.82) is 0 Å². The second-order valence-corrected chi connectivity index (χ2v) is 7.60. The molecule has 3 aromatic carbocycles. The van der Waals surface area contributed by atoms with Gasteiger partial charge in [0.2, 0.25) is 0 Å². The minimum atomic E-state index is -0.317. The van der Waals surface area contributed by atoms with E-state index < -0.39 is 0 Å². The second kappa shape index (κ2) is 7.65. The summed E-state index contributed by atoms with van der Waals surface area (Å²) in [5, 5.41) is 5.68. The van der Waals surface area contributed by atoms with Gasteiger partial charge in [-0.05, 0) is 55.9 Å². The molecule has 4 rings (SSSR count). The van der Waals surface area contributed by atoms with Crippen LogP contribution < -0.4 is 10.6 Å². The molecule has 5 nitrogen and oxygen atoms in total. The third kappa shape index (κ3) is 3.53. The van der Waals surface area contributed by atoms with Gasteiger partial charge in [0.1, 0.15) is 0 Å². The minimum absolute atomic E-state index is 0.106. The highest BCUT2D eigenvalue weighted by atomic mass is 32.1. The van der Waals surface area contributed by atoms with Crippen LogP contribution in [-0.2, 0) is 0 Å². The van der Waals surface area contributed by atoms with Crippen LogP contribution in [-0.4, -0.2) is 22.6 Å². The lowest BCUT2D eigenvalue weighted by atomic mass is 9.84. The molecule has 0 heterocycles. The fourth-order valence-corrected chi connectivity index (χ4v) is 3.79. The standard InChI is InChI=1S/C24H18N2O3S/c1-13-7-9-16(14(2)11-13)23(29)26-24(30)25-15-8-10-19-20(12-15)22(28)18-6-4-3-5-17(18)21(19)27/h3-12H,1-2H3,(H2,25,26,29,30). The van der Waals surface area contributed by atoms with Crippen LogP contribution in [0.1, 0.15) is 53.3 Å². The molecular weight excluding hydrogens is 396 g/mol. The fraction of sp³-hybridized carbons (Fsp3) is 0.0833. The number of fused-ring (bicyclic) bond motifs is 2. The third-order valence-corrected chi connectivity index (χ3v) is 5.24. The van der Waals surface area contributed by atoms with Crippen LogP contribution in [0.4, 0.5) is 5.69 Å². The van der Waals surface area contributed by atoms with E-state index in [4.69, 9.17) is 12.2 Å². The number of hydrogen-bond donors (Lipinski definition) is 2. The summed E-state index contributed by atoms with van der Waals surface area (Å²) in [4.78, 5) is 38.0. The molecule has 0 atom stereocenters. The van der Waals surface area contributed by atoms with Gasteiger partial charge in [0.25, 0.3) is 5.91 Å². The van der Waals surface area contributed by atoms with Gasteiger partial charge in [-0.25, -0.2) is 0 Å². The molecule has 0 fully saturated rings. The van der Waals surface area contributed by atoms with Gasteiger partial charge >= 0.3 is 0 Å². The zero-order chi connectivity index (χ0) is 21.4. The zero-order valence-corrected chi connectivity index (χ0v) is 17.2. The van der Waals surface area contributed by atoms with Gasteiger partial charge in [-0.15, -0.1) is 0 Å². The Morgan fingerprint density at radius 2 is 1.43 bits per heavy atom. The largest absolute Gasteiger partial charge is 0.332 e. The van der Waals surface area contributed by atoms with Gasteiger partial charge < -0.3 is 5.32 Å². The van der Waals surface area contributed by atoms with E-state index in [1.165, 1.54) is 0 Å². The number of hydrogen-bond acceptors (Lipinski definition) is 4. The van der Waals surface area contributed by atoms with E-state index in [1.54, 1.807) is 48.5 Å². The maximum absolute atomic E-state index is 12.8. The van der Waals surface area contributed by atoms with E-state index in [9.17, 15) is 14.4 Å². The quantitative estimate of drug-likeness (QED) is 0.481. The molecule has 2 N–H and O–H groups in total. The van der Waals surface area contributed by atoms with Crippen molar-refractivity contribution in [2.24, 2.45) is 0 Å². The number of carbonyl (C=O) groups excluding carboxylic acids is 3. The van der Waals surface area contributed by atoms with Crippen LogP contribution >= 0.6 is 12.2 Å². The van der Waals surface area contributed by atoms with Crippen molar-refractivity contribution in [2.75, 3.05) is 5.32 Å². The Kier molecular flexibility index (Phi) is 5.01. The molecule has 148 valence electrons. The third-order valence-electron chi connectivity index (χ3n) is 5.04. The number of ketones is 2. The van der Waals surface area contributed by atoms with E-state index in [-0.39, 0.29) is 22.6 Å². The first-order chi connectivity index (χ1) is 14.3. The zero-order valence-electron chi connectivity index (χ0n) is 16.4. The average Bonchev–Trinajstić information content (AvgIpc) is 2.71. The summed E-state index contributed by atoms with van der Waals surface area (Å²) >= 11 is 5.26. The van der Waals surface area contributed by atoms with E-state index in [2.05, 4.69) is 10.6 Å². The highest BCUT2D eigenvalue weighted by Gasteiger charge is 2.29. The van der Waals surface area contributed by atoms with Crippen LogP contribution in [0.5, 0.6) is 0 Å². The van der Waals surface area contributed by atoms with Crippen LogP contribution in [0.15, 0.2) is 60.7 Å². The van der Waals surface area contributed by atoms with Crippen molar-refractivity contribution in [2.45, 2.75) is 13.8 Å². The van der Waals surface area contributed by atoms with Gasteiger partial charge in [0.05, 0.1) is 0 Å². The molecule has 0 radical (unpaired) electrons. The van der Waals surface area contributed by atoms with E-state index in [0.717, 1.165) is 11.1 Å². The van der Waals surface area contributed by atoms with Crippen molar-refractivity contribution in [3.8, 4) is 0 Å². The summed E-state index contributed by atoms with van der Waals surface area (Å²) in [6.07, 6.45) is 0. The van der Waals surface area contributed by atoms with E-state index in [0.29, 0.717) is 33.5 Å². The number of anilines is 1. The fourth-order valence-electron chi connectivity index (χ4n) is 3.58. The lowest BCUT2D eigenvalue weighted by molar-refractivity contribution is 0.0976. The summed E-state index contributed by atoms with van der Waals surface area (Å²) in [5.74, 6) is -0.713. The second-order valence-electron chi connectivity index (χ2n) is 7.19. The van der Waals surface area contributed by atoms with Crippen molar-refractivity contribution in [3.05, 3.63) is 99.6 Å². The SMILES string of the molecule is Cc1ccc(C(=O)NC(=S)Nc2ccc3c(c2)C(=O)c2ccccc2C3=O)c(C)c1. The Morgan fingerprint density at radius 1 is 0.800 bits per heavy atom.